The van der Waals surface area contributed by atoms with Crippen LogP contribution in [0.15, 0.2) is 103 Å². The summed E-state index contributed by atoms with van der Waals surface area (Å²) in [5.41, 5.74) is 4.94. The Labute approximate surface area is 203 Å². The molecule has 0 aliphatic carbocycles. The lowest BCUT2D eigenvalue weighted by Gasteiger charge is -2.09. The summed E-state index contributed by atoms with van der Waals surface area (Å²) in [5, 5.41) is 2.29. The van der Waals surface area contributed by atoms with E-state index in [1.807, 2.05) is 12.1 Å². The molecule has 33 heavy (non-hydrogen) atoms. The first-order chi connectivity index (χ1) is 15.9. The van der Waals surface area contributed by atoms with Gasteiger partial charge in [0.15, 0.2) is 0 Å². The van der Waals surface area contributed by atoms with Crippen molar-refractivity contribution in [2.45, 2.75) is 6.18 Å². The van der Waals surface area contributed by atoms with E-state index in [4.69, 9.17) is 0 Å². The zero-order valence-corrected chi connectivity index (χ0v) is 19.4. The van der Waals surface area contributed by atoms with Gasteiger partial charge in [-0.05, 0) is 92.5 Å². The van der Waals surface area contributed by atoms with E-state index >= 15 is 0 Å². The fourth-order valence-corrected chi connectivity index (χ4v) is 4.17. The first-order valence-corrected chi connectivity index (χ1v) is 11.4. The van der Waals surface area contributed by atoms with Gasteiger partial charge < -0.3 is 0 Å². The van der Waals surface area contributed by atoms with Crippen molar-refractivity contribution >= 4 is 33.4 Å². The van der Waals surface area contributed by atoms with Crippen LogP contribution in [-0.4, -0.2) is 4.98 Å². The Hall–Kier alpha value is -3.19. The standard InChI is InChI=1S/C28H17F3IN/c29-28(30,31)25-10-5-20(6-11-25)27-14-9-23(17-33-27)22-4-2-19-1-3-21(15-24(19)16-22)18-7-12-26(32)13-8-18/h1-17H. The van der Waals surface area contributed by atoms with Crippen molar-refractivity contribution in [3.8, 4) is 33.5 Å². The van der Waals surface area contributed by atoms with Crippen molar-refractivity contribution in [3.05, 3.63) is 112 Å². The Morgan fingerprint density at radius 1 is 0.545 bits per heavy atom. The predicted molar refractivity (Wildman–Crippen MR) is 136 cm³/mol. The number of hydrogen-bond donors (Lipinski definition) is 0. The molecule has 4 aromatic carbocycles. The highest BCUT2D eigenvalue weighted by atomic mass is 127. The van der Waals surface area contributed by atoms with Crippen LogP contribution >= 0.6 is 22.6 Å². The lowest BCUT2D eigenvalue weighted by Crippen LogP contribution is -2.04. The van der Waals surface area contributed by atoms with Gasteiger partial charge in [-0.25, -0.2) is 0 Å². The molecule has 0 spiro atoms. The summed E-state index contributed by atoms with van der Waals surface area (Å²) in [5.74, 6) is 0. The monoisotopic (exact) mass is 551 g/mol. The van der Waals surface area contributed by atoms with E-state index in [9.17, 15) is 13.2 Å². The van der Waals surface area contributed by atoms with Crippen LogP contribution in [0.3, 0.4) is 0 Å². The topological polar surface area (TPSA) is 12.9 Å². The molecule has 0 bridgehead atoms. The number of hydrogen-bond acceptors (Lipinski definition) is 1. The zero-order valence-electron chi connectivity index (χ0n) is 17.3. The smallest absolute Gasteiger partial charge is 0.256 e. The van der Waals surface area contributed by atoms with Crippen LogP contribution in [0.5, 0.6) is 0 Å². The number of nitrogens with zero attached hydrogens (tertiary/aromatic N) is 1. The van der Waals surface area contributed by atoms with Gasteiger partial charge in [-0.2, -0.15) is 13.2 Å². The van der Waals surface area contributed by atoms with Crippen LogP contribution in [0.1, 0.15) is 5.56 Å². The fourth-order valence-electron chi connectivity index (χ4n) is 3.81. The van der Waals surface area contributed by atoms with Gasteiger partial charge in [0, 0.05) is 20.9 Å². The number of aromatic nitrogens is 1. The molecular weight excluding hydrogens is 534 g/mol. The third-order valence-corrected chi connectivity index (χ3v) is 6.34. The predicted octanol–water partition coefficient (Wildman–Crippen LogP) is 8.86. The molecule has 0 saturated heterocycles. The normalized spacial score (nSPS) is 11.6. The SMILES string of the molecule is FC(F)(F)c1ccc(-c2ccc(-c3ccc4ccc(-c5ccc(I)cc5)cc4c3)cn2)cc1. The van der Waals surface area contributed by atoms with Gasteiger partial charge in [0.2, 0.25) is 0 Å². The number of benzene rings is 4. The Kier molecular flexibility index (Phi) is 5.66. The summed E-state index contributed by atoms with van der Waals surface area (Å²) < 4.78 is 39.6. The van der Waals surface area contributed by atoms with Gasteiger partial charge in [0.05, 0.1) is 11.3 Å². The van der Waals surface area contributed by atoms with E-state index in [1.54, 1.807) is 6.20 Å². The summed E-state index contributed by atoms with van der Waals surface area (Å²) in [4.78, 5) is 4.49. The Balaban J connectivity index is 1.44. The Bertz CT molecular complexity index is 1420. The van der Waals surface area contributed by atoms with E-state index < -0.39 is 11.7 Å². The van der Waals surface area contributed by atoms with E-state index in [2.05, 4.69) is 88.2 Å². The van der Waals surface area contributed by atoms with Crippen molar-refractivity contribution in [1.29, 1.82) is 0 Å². The first-order valence-electron chi connectivity index (χ1n) is 10.3. The van der Waals surface area contributed by atoms with Crippen LogP contribution in [-0.2, 0) is 6.18 Å². The molecular formula is C28H17F3IN. The minimum atomic E-state index is -4.34. The molecule has 5 aromatic rings. The van der Waals surface area contributed by atoms with Gasteiger partial charge in [0.25, 0.3) is 0 Å². The third kappa shape index (κ3) is 4.64. The molecule has 0 amide bonds. The van der Waals surface area contributed by atoms with Crippen molar-refractivity contribution in [3.63, 3.8) is 0 Å². The molecule has 0 fully saturated rings. The van der Waals surface area contributed by atoms with E-state index in [0.717, 1.165) is 39.6 Å². The second-order valence-corrected chi connectivity index (χ2v) is 9.04. The van der Waals surface area contributed by atoms with Crippen LogP contribution in [0.4, 0.5) is 13.2 Å². The van der Waals surface area contributed by atoms with Gasteiger partial charge >= 0.3 is 6.18 Å². The van der Waals surface area contributed by atoms with Crippen molar-refractivity contribution in [2.24, 2.45) is 0 Å². The molecule has 0 aliphatic rings. The van der Waals surface area contributed by atoms with Gasteiger partial charge in [-0.15, -0.1) is 0 Å². The maximum Gasteiger partial charge on any atom is 0.416 e. The average Bonchev–Trinajstić information content (AvgIpc) is 2.83. The quantitative estimate of drug-likeness (QED) is 0.204. The molecule has 5 heteroatoms. The molecule has 0 radical (unpaired) electrons. The van der Waals surface area contributed by atoms with Crippen LogP contribution in [0.2, 0.25) is 0 Å². The highest BCUT2D eigenvalue weighted by Crippen LogP contribution is 2.32. The lowest BCUT2D eigenvalue weighted by molar-refractivity contribution is -0.137. The van der Waals surface area contributed by atoms with E-state index in [-0.39, 0.29) is 0 Å². The molecule has 1 aromatic heterocycles. The number of halogens is 4. The second-order valence-electron chi connectivity index (χ2n) is 7.79. The van der Waals surface area contributed by atoms with E-state index in [1.165, 1.54) is 21.3 Å². The largest absolute Gasteiger partial charge is 0.416 e. The minimum Gasteiger partial charge on any atom is -0.256 e. The zero-order chi connectivity index (χ0) is 23.0. The van der Waals surface area contributed by atoms with Crippen molar-refractivity contribution < 1.29 is 13.2 Å². The van der Waals surface area contributed by atoms with E-state index in [0.29, 0.717) is 11.3 Å². The third-order valence-electron chi connectivity index (χ3n) is 5.62. The van der Waals surface area contributed by atoms with Crippen molar-refractivity contribution in [2.75, 3.05) is 0 Å². The second kappa shape index (κ2) is 8.63. The molecule has 0 saturated carbocycles. The number of rotatable bonds is 3. The minimum absolute atomic E-state index is 0.634. The highest BCUT2D eigenvalue weighted by Gasteiger charge is 2.30. The first kappa shape index (κ1) is 21.6. The molecule has 0 unspecified atom stereocenters. The van der Waals surface area contributed by atoms with Crippen LogP contribution in [0.25, 0.3) is 44.3 Å². The lowest BCUT2D eigenvalue weighted by atomic mass is 9.98. The van der Waals surface area contributed by atoms with Gasteiger partial charge in [0.1, 0.15) is 0 Å². The summed E-state index contributed by atoms with van der Waals surface area (Å²) in [6, 6.07) is 30.0. The summed E-state index contributed by atoms with van der Waals surface area (Å²) >= 11 is 2.30. The number of pyridine rings is 1. The van der Waals surface area contributed by atoms with Gasteiger partial charge in [-0.3, -0.25) is 4.98 Å². The molecule has 1 nitrogen and oxygen atoms in total. The van der Waals surface area contributed by atoms with Crippen LogP contribution in [0, 0.1) is 3.57 Å². The average molecular weight is 551 g/mol. The molecule has 1 heterocycles. The summed E-state index contributed by atoms with van der Waals surface area (Å²) in [7, 11) is 0. The Morgan fingerprint density at radius 3 is 1.67 bits per heavy atom. The molecule has 0 N–H and O–H groups in total. The number of fused-ring (bicyclic) bond motifs is 1. The molecule has 162 valence electrons. The maximum absolute atomic E-state index is 12.8. The number of alkyl halides is 3. The molecule has 0 atom stereocenters. The Morgan fingerprint density at radius 2 is 1.09 bits per heavy atom. The summed E-state index contributed by atoms with van der Waals surface area (Å²) in [6.45, 7) is 0. The van der Waals surface area contributed by atoms with Crippen LogP contribution < -0.4 is 0 Å². The highest BCUT2D eigenvalue weighted by molar-refractivity contribution is 14.1. The maximum atomic E-state index is 12.8. The van der Waals surface area contributed by atoms with Gasteiger partial charge in [-0.1, -0.05) is 54.6 Å². The molecule has 5 rings (SSSR count). The fraction of sp³-hybridized carbons (Fsp3) is 0.0357. The van der Waals surface area contributed by atoms with Crippen molar-refractivity contribution in [1.82, 2.24) is 4.98 Å². The molecule has 0 aliphatic heterocycles. The summed E-state index contributed by atoms with van der Waals surface area (Å²) in [6.07, 6.45) is -2.58.